The van der Waals surface area contributed by atoms with Crippen LogP contribution in [0.3, 0.4) is 0 Å². The fraction of sp³-hybridized carbons (Fsp3) is 0.467. The Balaban J connectivity index is 3.11. The van der Waals surface area contributed by atoms with Gasteiger partial charge in [-0.2, -0.15) is 13.2 Å². The Morgan fingerprint density at radius 3 is 2.16 bits per heavy atom. The summed E-state index contributed by atoms with van der Waals surface area (Å²) in [6.07, 6.45) is -2.36. The van der Waals surface area contributed by atoms with Gasteiger partial charge in [-0.15, -0.1) is 0 Å². The zero-order chi connectivity index (χ0) is 14.8. The van der Waals surface area contributed by atoms with Crippen LogP contribution in [0.5, 0.6) is 0 Å². The lowest BCUT2D eigenvalue weighted by atomic mass is 9.82. The average molecular weight is 274 g/mol. The second-order valence-corrected chi connectivity index (χ2v) is 5.55. The van der Waals surface area contributed by atoms with Gasteiger partial charge in [0.25, 0.3) is 0 Å². The van der Waals surface area contributed by atoms with Gasteiger partial charge in [0.2, 0.25) is 0 Å². The molecule has 0 aliphatic heterocycles. The maximum atomic E-state index is 13.2. The van der Waals surface area contributed by atoms with E-state index in [9.17, 15) is 17.6 Å². The molecule has 0 saturated heterocycles. The number of hydrogen-bond donors (Lipinski definition) is 0. The normalized spacial score (nSPS) is 13.8. The molecular weight excluding hydrogens is 256 g/mol. The van der Waals surface area contributed by atoms with Crippen molar-refractivity contribution in [3.8, 4) is 0 Å². The standard InChI is InChI=1S/C15H18F4/c1-5-11(14(2,3)4)8-10-6-7-13(16)12(9-10)15(17,18)19/h5-7,9H,8H2,1-4H3/b11-5-. The molecule has 0 aromatic heterocycles. The van der Waals surface area contributed by atoms with Gasteiger partial charge in [-0.3, -0.25) is 0 Å². The van der Waals surface area contributed by atoms with E-state index < -0.39 is 17.6 Å². The topological polar surface area (TPSA) is 0 Å². The van der Waals surface area contributed by atoms with Gasteiger partial charge < -0.3 is 0 Å². The van der Waals surface area contributed by atoms with Crippen LogP contribution in [0.1, 0.15) is 38.8 Å². The fourth-order valence-corrected chi connectivity index (χ4v) is 1.92. The lowest BCUT2D eigenvalue weighted by molar-refractivity contribution is -0.140. The number of allylic oxidation sites excluding steroid dienone is 2. The molecule has 0 aliphatic rings. The van der Waals surface area contributed by atoms with E-state index in [1.165, 1.54) is 6.07 Å². The van der Waals surface area contributed by atoms with Crippen LogP contribution in [0.4, 0.5) is 17.6 Å². The van der Waals surface area contributed by atoms with Gasteiger partial charge in [0.1, 0.15) is 5.82 Å². The maximum absolute atomic E-state index is 13.2. The zero-order valence-electron chi connectivity index (χ0n) is 11.5. The molecule has 0 nitrogen and oxygen atoms in total. The lowest BCUT2D eigenvalue weighted by Crippen LogP contribution is -2.13. The molecule has 0 aliphatic carbocycles. The summed E-state index contributed by atoms with van der Waals surface area (Å²) in [4.78, 5) is 0. The predicted octanol–water partition coefficient (Wildman–Crippen LogP) is 5.38. The fourth-order valence-electron chi connectivity index (χ4n) is 1.92. The second-order valence-electron chi connectivity index (χ2n) is 5.55. The van der Waals surface area contributed by atoms with Gasteiger partial charge in [0, 0.05) is 0 Å². The smallest absolute Gasteiger partial charge is 0.206 e. The minimum Gasteiger partial charge on any atom is -0.206 e. The summed E-state index contributed by atoms with van der Waals surface area (Å²) >= 11 is 0. The van der Waals surface area contributed by atoms with Crippen LogP contribution in [0.2, 0.25) is 0 Å². The third-order valence-electron chi connectivity index (χ3n) is 3.04. The van der Waals surface area contributed by atoms with Gasteiger partial charge in [0.05, 0.1) is 5.56 Å². The monoisotopic (exact) mass is 274 g/mol. The van der Waals surface area contributed by atoms with Crippen LogP contribution in [0, 0.1) is 11.2 Å². The second kappa shape index (κ2) is 5.35. The van der Waals surface area contributed by atoms with Crippen LogP contribution in [-0.2, 0) is 12.6 Å². The molecule has 0 heterocycles. The number of alkyl halides is 3. The number of benzene rings is 1. The van der Waals surface area contributed by atoms with Crippen molar-refractivity contribution in [2.75, 3.05) is 0 Å². The maximum Gasteiger partial charge on any atom is 0.419 e. The van der Waals surface area contributed by atoms with E-state index in [4.69, 9.17) is 0 Å². The van der Waals surface area contributed by atoms with Crippen LogP contribution in [-0.4, -0.2) is 0 Å². The van der Waals surface area contributed by atoms with Crippen LogP contribution >= 0.6 is 0 Å². The highest BCUT2D eigenvalue weighted by Gasteiger charge is 2.34. The molecule has 0 saturated carbocycles. The number of hydrogen-bond acceptors (Lipinski definition) is 0. The van der Waals surface area contributed by atoms with Crippen molar-refractivity contribution in [3.05, 3.63) is 46.8 Å². The summed E-state index contributed by atoms with van der Waals surface area (Å²) in [7, 11) is 0. The summed E-state index contributed by atoms with van der Waals surface area (Å²) in [6, 6.07) is 3.18. The van der Waals surface area contributed by atoms with Gasteiger partial charge in [-0.05, 0) is 36.5 Å². The van der Waals surface area contributed by atoms with Crippen LogP contribution in [0.25, 0.3) is 0 Å². The Morgan fingerprint density at radius 1 is 1.16 bits per heavy atom. The highest BCUT2D eigenvalue weighted by molar-refractivity contribution is 5.31. The van der Waals surface area contributed by atoms with Crippen LogP contribution in [0.15, 0.2) is 29.8 Å². The molecule has 19 heavy (non-hydrogen) atoms. The molecule has 106 valence electrons. The highest BCUT2D eigenvalue weighted by atomic mass is 19.4. The first-order chi connectivity index (χ1) is 8.55. The average Bonchev–Trinajstić information content (AvgIpc) is 2.24. The highest BCUT2D eigenvalue weighted by Crippen LogP contribution is 2.34. The predicted molar refractivity (Wildman–Crippen MR) is 68.3 cm³/mol. The quantitative estimate of drug-likeness (QED) is 0.501. The largest absolute Gasteiger partial charge is 0.419 e. The first kappa shape index (κ1) is 15.7. The first-order valence-electron chi connectivity index (χ1n) is 6.07. The van der Waals surface area contributed by atoms with Crippen molar-refractivity contribution in [3.63, 3.8) is 0 Å². The molecular formula is C15H18F4. The van der Waals surface area contributed by atoms with E-state index in [-0.39, 0.29) is 5.41 Å². The zero-order valence-corrected chi connectivity index (χ0v) is 11.5. The SMILES string of the molecule is C/C=C(/Cc1ccc(F)c(C(F)(F)F)c1)C(C)(C)C. The summed E-state index contributed by atoms with van der Waals surface area (Å²) in [5.41, 5.74) is 0.167. The Labute approximate surface area is 111 Å². The van der Waals surface area contributed by atoms with Gasteiger partial charge in [-0.25, -0.2) is 4.39 Å². The molecule has 0 fully saturated rings. The van der Waals surface area contributed by atoms with Gasteiger partial charge in [-0.1, -0.05) is 38.5 Å². The minimum absolute atomic E-state index is 0.123. The summed E-state index contributed by atoms with van der Waals surface area (Å²) in [5.74, 6) is -1.23. The Morgan fingerprint density at radius 2 is 1.74 bits per heavy atom. The van der Waals surface area contributed by atoms with Crippen LogP contribution < -0.4 is 0 Å². The molecule has 0 N–H and O–H groups in total. The third-order valence-corrected chi connectivity index (χ3v) is 3.04. The summed E-state index contributed by atoms with van der Waals surface area (Å²) in [6.45, 7) is 7.85. The first-order valence-corrected chi connectivity index (χ1v) is 6.07. The van der Waals surface area contributed by atoms with Crippen molar-refractivity contribution in [1.29, 1.82) is 0 Å². The number of halogens is 4. The lowest BCUT2D eigenvalue weighted by Gasteiger charge is -2.23. The van der Waals surface area contributed by atoms with Crippen molar-refractivity contribution in [2.24, 2.45) is 5.41 Å². The van der Waals surface area contributed by atoms with E-state index in [0.29, 0.717) is 12.0 Å². The van der Waals surface area contributed by atoms with E-state index >= 15 is 0 Å². The Kier molecular flexibility index (Phi) is 4.43. The van der Waals surface area contributed by atoms with Crippen molar-refractivity contribution in [2.45, 2.75) is 40.3 Å². The van der Waals surface area contributed by atoms with Crippen molar-refractivity contribution >= 4 is 0 Å². The molecule has 1 aromatic carbocycles. The Hall–Kier alpha value is -1.32. The molecule has 0 unspecified atom stereocenters. The van der Waals surface area contributed by atoms with E-state index in [2.05, 4.69) is 0 Å². The number of rotatable bonds is 2. The third kappa shape index (κ3) is 4.08. The van der Waals surface area contributed by atoms with E-state index in [0.717, 1.165) is 17.7 Å². The van der Waals surface area contributed by atoms with Gasteiger partial charge >= 0.3 is 6.18 Å². The molecule has 0 spiro atoms. The molecule has 0 atom stereocenters. The minimum atomic E-state index is -4.65. The summed E-state index contributed by atoms with van der Waals surface area (Å²) < 4.78 is 51.1. The Bertz CT molecular complexity index is 476. The van der Waals surface area contributed by atoms with E-state index in [1.807, 2.05) is 33.8 Å². The molecule has 4 heteroatoms. The summed E-state index contributed by atoms with van der Waals surface area (Å²) in [5, 5.41) is 0. The van der Waals surface area contributed by atoms with Crippen molar-refractivity contribution in [1.82, 2.24) is 0 Å². The molecule has 1 rings (SSSR count). The molecule has 0 bridgehead atoms. The molecule has 1 aromatic rings. The van der Waals surface area contributed by atoms with Gasteiger partial charge in [0.15, 0.2) is 0 Å². The van der Waals surface area contributed by atoms with Crippen molar-refractivity contribution < 1.29 is 17.6 Å². The molecule has 0 radical (unpaired) electrons. The molecule has 0 amide bonds. The van der Waals surface area contributed by atoms with E-state index in [1.54, 1.807) is 0 Å².